The molecule has 0 aliphatic carbocycles. The summed E-state index contributed by atoms with van der Waals surface area (Å²) in [6.45, 7) is 9.94. The Morgan fingerprint density at radius 3 is 1.43 bits per heavy atom. The summed E-state index contributed by atoms with van der Waals surface area (Å²) < 4.78 is 10.1. The number of benzene rings is 1. The molecular formula is C38H66O6. The van der Waals surface area contributed by atoms with Gasteiger partial charge in [0.25, 0.3) is 5.97 Å². The van der Waals surface area contributed by atoms with E-state index in [9.17, 15) is 9.59 Å². The molecule has 0 heterocycles. The van der Waals surface area contributed by atoms with Crippen LogP contribution < -0.4 is 0 Å². The molecule has 0 fully saturated rings. The van der Waals surface area contributed by atoms with Crippen LogP contribution in [0.3, 0.4) is 0 Å². The van der Waals surface area contributed by atoms with Crippen LogP contribution in [0.4, 0.5) is 0 Å². The van der Waals surface area contributed by atoms with Gasteiger partial charge < -0.3 is 14.6 Å². The Morgan fingerprint density at radius 1 is 0.636 bits per heavy atom. The van der Waals surface area contributed by atoms with Crippen LogP contribution in [0.2, 0.25) is 0 Å². The monoisotopic (exact) mass is 618 g/mol. The lowest BCUT2D eigenvalue weighted by molar-refractivity contribution is -0.144. The van der Waals surface area contributed by atoms with Gasteiger partial charge >= 0.3 is 11.9 Å². The Hall–Kier alpha value is -2.63. The number of carbonyl (C=O) groups is 3. The number of carboxylic acids is 1. The summed E-state index contributed by atoms with van der Waals surface area (Å²) in [5.41, 5.74) is 0.569. The summed E-state index contributed by atoms with van der Waals surface area (Å²) in [6.07, 6.45) is 30.0. The van der Waals surface area contributed by atoms with Crippen molar-refractivity contribution in [2.75, 3.05) is 13.2 Å². The van der Waals surface area contributed by atoms with Crippen molar-refractivity contribution in [1.29, 1.82) is 0 Å². The zero-order chi connectivity index (χ0) is 32.9. The van der Waals surface area contributed by atoms with E-state index >= 15 is 0 Å². The smallest absolute Gasteiger partial charge is 0.338 e. The van der Waals surface area contributed by atoms with Gasteiger partial charge in [0, 0.05) is 13.3 Å². The van der Waals surface area contributed by atoms with Gasteiger partial charge in [0.1, 0.15) is 6.61 Å². The van der Waals surface area contributed by atoms with E-state index in [1.807, 2.05) is 6.07 Å². The molecule has 6 nitrogen and oxygen atoms in total. The highest BCUT2D eigenvalue weighted by molar-refractivity contribution is 5.89. The second-order valence-electron chi connectivity index (χ2n) is 11.5. The number of esters is 2. The van der Waals surface area contributed by atoms with E-state index in [1.54, 1.807) is 30.3 Å². The summed E-state index contributed by atoms with van der Waals surface area (Å²) >= 11 is 0. The van der Waals surface area contributed by atoms with Gasteiger partial charge in [-0.2, -0.15) is 0 Å². The van der Waals surface area contributed by atoms with E-state index in [2.05, 4.69) is 20.4 Å². The van der Waals surface area contributed by atoms with Gasteiger partial charge in [-0.1, -0.05) is 167 Å². The van der Waals surface area contributed by atoms with Gasteiger partial charge in [-0.05, 0) is 25.0 Å². The molecule has 1 N–H and O–H groups in total. The van der Waals surface area contributed by atoms with Crippen LogP contribution in [0.25, 0.3) is 0 Å². The first-order valence-corrected chi connectivity index (χ1v) is 17.6. The SMILES string of the molecule is C=CCOC(=O)c1ccccc1.CC(=O)O.CCCCCCCCCCCCCCCCCC(=O)OCCCCCCCC. The van der Waals surface area contributed by atoms with E-state index in [0.717, 1.165) is 19.8 Å². The number of rotatable bonds is 26. The maximum Gasteiger partial charge on any atom is 0.338 e. The fraction of sp³-hybridized carbons (Fsp3) is 0.711. The Bertz CT molecular complexity index is 773. The minimum Gasteiger partial charge on any atom is -0.481 e. The van der Waals surface area contributed by atoms with Crippen molar-refractivity contribution in [3.05, 3.63) is 48.6 Å². The zero-order valence-electron chi connectivity index (χ0n) is 28.6. The van der Waals surface area contributed by atoms with Crippen LogP contribution >= 0.6 is 0 Å². The number of hydrogen-bond donors (Lipinski definition) is 1. The lowest BCUT2D eigenvalue weighted by Crippen LogP contribution is -2.05. The number of carboxylic acid groups (broad SMARTS) is 1. The zero-order valence-corrected chi connectivity index (χ0v) is 28.6. The number of aliphatic carboxylic acids is 1. The van der Waals surface area contributed by atoms with E-state index < -0.39 is 5.97 Å². The summed E-state index contributed by atoms with van der Waals surface area (Å²) in [4.78, 5) is 31.8. The molecule has 6 heteroatoms. The van der Waals surface area contributed by atoms with E-state index in [0.29, 0.717) is 18.6 Å². The predicted octanol–water partition coefficient (Wildman–Crippen LogP) is 11.3. The Morgan fingerprint density at radius 2 is 1.02 bits per heavy atom. The second kappa shape index (κ2) is 36.6. The van der Waals surface area contributed by atoms with Crippen molar-refractivity contribution in [1.82, 2.24) is 0 Å². The number of hydrogen-bond acceptors (Lipinski definition) is 5. The molecule has 0 amide bonds. The van der Waals surface area contributed by atoms with Crippen molar-refractivity contribution in [2.24, 2.45) is 0 Å². The highest BCUT2D eigenvalue weighted by Crippen LogP contribution is 2.14. The fourth-order valence-corrected chi connectivity index (χ4v) is 4.57. The lowest BCUT2D eigenvalue weighted by Gasteiger charge is -2.05. The number of carbonyl (C=O) groups excluding carboxylic acids is 2. The molecule has 0 bridgehead atoms. The highest BCUT2D eigenvalue weighted by atomic mass is 16.5. The van der Waals surface area contributed by atoms with Crippen LogP contribution in [0.1, 0.15) is 172 Å². The van der Waals surface area contributed by atoms with Crippen molar-refractivity contribution in [3.8, 4) is 0 Å². The van der Waals surface area contributed by atoms with E-state index in [4.69, 9.17) is 19.4 Å². The largest absolute Gasteiger partial charge is 0.481 e. The molecule has 1 rings (SSSR count). The van der Waals surface area contributed by atoms with Crippen molar-refractivity contribution < 1.29 is 29.0 Å². The van der Waals surface area contributed by atoms with E-state index in [-0.39, 0.29) is 18.5 Å². The average Bonchev–Trinajstić information content (AvgIpc) is 3.01. The quantitative estimate of drug-likeness (QED) is 0.0631. The Balaban J connectivity index is 0. The molecule has 44 heavy (non-hydrogen) atoms. The van der Waals surface area contributed by atoms with E-state index in [1.165, 1.54) is 122 Å². The molecule has 0 radical (unpaired) electrons. The van der Waals surface area contributed by atoms with Gasteiger partial charge in [-0.15, -0.1) is 0 Å². The maximum atomic E-state index is 11.7. The molecule has 0 aromatic heterocycles. The highest BCUT2D eigenvalue weighted by Gasteiger charge is 2.04. The third kappa shape index (κ3) is 37.4. The van der Waals surface area contributed by atoms with Crippen LogP contribution in [0.15, 0.2) is 43.0 Å². The van der Waals surface area contributed by atoms with Gasteiger partial charge in [0.2, 0.25) is 0 Å². The number of unbranched alkanes of at least 4 members (excludes halogenated alkanes) is 19. The van der Waals surface area contributed by atoms with Gasteiger partial charge in [0.15, 0.2) is 0 Å². The van der Waals surface area contributed by atoms with Crippen LogP contribution in [0.5, 0.6) is 0 Å². The minimum atomic E-state index is -0.833. The molecule has 0 saturated heterocycles. The first kappa shape index (κ1) is 43.5. The lowest BCUT2D eigenvalue weighted by atomic mass is 10.0. The topological polar surface area (TPSA) is 89.9 Å². The van der Waals surface area contributed by atoms with Crippen molar-refractivity contribution >= 4 is 17.9 Å². The Labute approximate surface area is 270 Å². The van der Waals surface area contributed by atoms with Crippen LogP contribution in [0, 0.1) is 0 Å². The van der Waals surface area contributed by atoms with Crippen LogP contribution in [-0.4, -0.2) is 36.2 Å². The molecule has 0 aliphatic heterocycles. The Kier molecular flexibility index (Phi) is 36.1. The number of ether oxygens (including phenoxy) is 2. The predicted molar refractivity (Wildman–Crippen MR) is 184 cm³/mol. The van der Waals surface area contributed by atoms with Gasteiger partial charge in [0.05, 0.1) is 12.2 Å². The molecule has 1 aromatic carbocycles. The standard InChI is InChI=1S/C26H52O2.C10H10O2.C2H4O2/c1-3-5-7-9-11-12-13-14-15-16-17-18-19-20-22-24-26(27)28-25-23-21-10-8-6-4-2;1-2-8-12-10(11)9-6-4-3-5-7-9;1-2(3)4/h3-25H2,1-2H3;2-7H,1,8H2;1H3,(H,3,4). The summed E-state index contributed by atoms with van der Waals surface area (Å²) in [6, 6.07) is 8.87. The molecule has 1 aromatic rings. The third-order valence-corrected chi connectivity index (χ3v) is 7.09. The van der Waals surface area contributed by atoms with Crippen molar-refractivity contribution in [2.45, 2.75) is 162 Å². The third-order valence-electron chi connectivity index (χ3n) is 7.09. The molecule has 254 valence electrons. The van der Waals surface area contributed by atoms with Crippen molar-refractivity contribution in [3.63, 3.8) is 0 Å². The fourth-order valence-electron chi connectivity index (χ4n) is 4.57. The second-order valence-corrected chi connectivity index (χ2v) is 11.5. The molecule has 0 spiro atoms. The average molecular weight is 619 g/mol. The van der Waals surface area contributed by atoms with Gasteiger partial charge in [-0.25, -0.2) is 4.79 Å². The normalized spacial score (nSPS) is 10.1. The summed E-state index contributed by atoms with van der Waals surface area (Å²) in [5.74, 6) is -1.13. The summed E-state index contributed by atoms with van der Waals surface area (Å²) in [7, 11) is 0. The maximum absolute atomic E-state index is 11.7. The molecule has 0 unspecified atom stereocenters. The molecule has 0 saturated carbocycles. The molecular weight excluding hydrogens is 552 g/mol. The molecule has 0 atom stereocenters. The minimum absolute atomic E-state index is 0.0169. The molecule has 0 aliphatic rings. The first-order valence-electron chi connectivity index (χ1n) is 17.6. The summed E-state index contributed by atoms with van der Waals surface area (Å²) in [5, 5.41) is 7.42. The first-order chi connectivity index (χ1) is 21.4. The van der Waals surface area contributed by atoms with Gasteiger partial charge in [-0.3, -0.25) is 9.59 Å². The van der Waals surface area contributed by atoms with Crippen LogP contribution in [-0.2, 0) is 19.1 Å².